The molecule has 1 unspecified atom stereocenters. The van der Waals surface area contributed by atoms with Crippen LogP contribution in [-0.4, -0.2) is 26.3 Å². The minimum atomic E-state index is 0.735. The third kappa shape index (κ3) is 8.65. The topological polar surface area (TPSA) is 21.3 Å². The molecule has 1 aliphatic heterocycles. The molecule has 1 atom stereocenters. The lowest BCUT2D eigenvalue weighted by Crippen LogP contribution is -2.30. The van der Waals surface area contributed by atoms with E-state index in [-0.39, 0.29) is 0 Å². The van der Waals surface area contributed by atoms with E-state index in [2.05, 4.69) is 19.3 Å². The SMILES string of the molecule is CCCCCCCCCC(CC1CCOCC1)NC. The summed E-state index contributed by atoms with van der Waals surface area (Å²) in [5.74, 6) is 0.899. The van der Waals surface area contributed by atoms with Crippen LogP contribution in [0.4, 0.5) is 0 Å². The predicted octanol–water partition coefficient (Wildman–Crippen LogP) is 4.53. The lowest BCUT2D eigenvalue weighted by Gasteiger charge is -2.26. The van der Waals surface area contributed by atoms with Gasteiger partial charge in [0, 0.05) is 19.3 Å². The van der Waals surface area contributed by atoms with Crippen molar-refractivity contribution in [1.29, 1.82) is 0 Å². The first-order valence-electron chi connectivity index (χ1n) is 8.61. The van der Waals surface area contributed by atoms with E-state index in [1.54, 1.807) is 0 Å². The Morgan fingerprint density at radius 2 is 1.63 bits per heavy atom. The van der Waals surface area contributed by atoms with Crippen molar-refractivity contribution in [3.8, 4) is 0 Å². The number of hydrogen-bond acceptors (Lipinski definition) is 2. The monoisotopic (exact) mass is 269 g/mol. The van der Waals surface area contributed by atoms with Gasteiger partial charge >= 0.3 is 0 Å². The van der Waals surface area contributed by atoms with Gasteiger partial charge in [-0.3, -0.25) is 0 Å². The molecule has 0 bridgehead atoms. The number of hydrogen-bond donors (Lipinski definition) is 1. The fourth-order valence-corrected chi connectivity index (χ4v) is 3.11. The molecule has 1 saturated heterocycles. The van der Waals surface area contributed by atoms with Crippen LogP contribution in [-0.2, 0) is 4.74 Å². The third-order valence-electron chi connectivity index (χ3n) is 4.52. The molecule has 0 aromatic carbocycles. The summed E-state index contributed by atoms with van der Waals surface area (Å²) in [6.45, 7) is 4.25. The molecule has 0 aromatic rings. The number of ether oxygens (including phenoxy) is 1. The van der Waals surface area contributed by atoms with Crippen molar-refractivity contribution < 1.29 is 4.74 Å². The van der Waals surface area contributed by atoms with Crippen LogP contribution in [0.5, 0.6) is 0 Å². The summed E-state index contributed by atoms with van der Waals surface area (Å²) in [5.41, 5.74) is 0. The summed E-state index contributed by atoms with van der Waals surface area (Å²) in [4.78, 5) is 0. The Hall–Kier alpha value is -0.0800. The highest BCUT2D eigenvalue weighted by Crippen LogP contribution is 2.22. The smallest absolute Gasteiger partial charge is 0.0468 e. The first kappa shape index (κ1) is 17.0. The third-order valence-corrected chi connectivity index (χ3v) is 4.52. The molecule has 19 heavy (non-hydrogen) atoms. The summed E-state index contributed by atoms with van der Waals surface area (Å²) in [5, 5.41) is 3.52. The summed E-state index contributed by atoms with van der Waals surface area (Å²) < 4.78 is 5.44. The van der Waals surface area contributed by atoms with Gasteiger partial charge in [-0.25, -0.2) is 0 Å². The molecule has 1 aliphatic rings. The first-order valence-corrected chi connectivity index (χ1v) is 8.61. The summed E-state index contributed by atoms with van der Waals surface area (Å²) >= 11 is 0. The van der Waals surface area contributed by atoms with Gasteiger partial charge in [-0.2, -0.15) is 0 Å². The fourth-order valence-electron chi connectivity index (χ4n) is 3.11. The van der Waals surface area contributed by atoms with E-state index >= 15 is 0 Å². The van der Waals surface area contributed by atoms with Crippen molar-refractivity contribution in [2.24, 2.45) is 5.92 Å². The molecular weight excluding hydrogens is 234 g/mol. The van der Waals surface area contributed by atoms with Gasteiger partial charge < -0.3 is 10.1 Å². The Kier molecular flexibility index (Phi) is 10.5. The Balaban J connectivity index is 1.98. The molecule has 0 radical (unpaired) electrons. The molecule has 1 heterocycles. The normalized spacial score (nSPS) is 18.6. The molecule has 2 heteroatoms. The maximum atomic E-state index is 5.44. The van der Waals surface area contributed by atoms with Crippen LogP contribution < -0.4 is 5.32 Å². The van der Waals surface area contributed by atoms with Crippen LogP contribution >= 0.6 is 0 Å². The van der Waals surface area contributed by atoms with Gasteiger partial charge in [-0.15, -0.1) is 0 Å². The molecular formula is C17H35NO. The largest absolute Gasteiger partial charge is 0.381 e. The van der Waals surface area contributed by atoms with Crippen LogP contribution in [0, 0.1) is 5.92 Å². The van der Waals surface area contributed by atoms with E-state index in [0.717, 1.165) is 25.2 Å². The van der Waals surface area contributed by atoms with Crippen LogP contribution in [0.25, 0.3) is 0 Å². The molecule has 1 N–H and O–H groups in total. The zero-order valence-electron chi connectivity index (χ0n) is 13.3. The highest BCUT2D eigenvalue weighted by Gasteiger charge is 2.17. The van der Waals surface area contributed by atoms with Crippen molar-refractivity contribution in [2.75, 3.05) is 20.3 Å². The van der Waals surface area contributed by atoms with E-state index in [1.165, 1.54) is 70.6 Å². The van der Waals surface area contributed by atoms with E-state index in [4.69, 9.17) is 4.74 Å². The Morgan fingerprint density at radius 3 is 2.26 bits per heavy atom. The van der Waals surface area contributed by atoms with E-state index < -0.39 is 0 Å². The maximum absolute atomic E-state index is 5.44. The minimum Gasteiger partial charge on any atom is -0.381 e. The van der Waals surface area contributed by atoms with Crippen molar-refractivity contribution in [3.63, 3.8) is 0 Å². The lowest BCUT2D eigenvalue weighted by atomic mass is 9.90. The van der Waals surface area contributed by atoms with Gasteiger partial charge in [-0.05, 0) is 38.6 Å². The van der Waals surface area contributed by atoms with Gasteiger partial charge in [-0.1, -0.05) is 51.9 Å². The summed E-state index contributed by atoms with van der Waals surface area (Å²) in [7, 11) is 2.13. The molecule has 0 aliphatic carbocycles. The second-order valence-electron chi connectivity index (χ2n) is 6.19. The van der Waals surface area contributed by atoms with Gasteiger partial charge in [0.05, 0.1) is 0 Å². The molecule has 0 aromatic heterocycles. The molecule has 0 amide bonds. The average Bonchev–Trinajstić information content (AvgIpc) is 2.46. The number of unbranched alkanes of at least 4 members (excludes halogenated alkanes) is 6. The standard InChI is InChI=1S/C17H35NO/c1-3-4-5-6-7-8-9-10-17(18-2)15-16-11-13-19-14-12-16/h16-18H,3-15H2,1-2H3. The van der Waals surface area contributed by atoms with Crippen LogP contribution in [0.15, 0.2) is 0 Å². The summed E-state index contributed by atoms with van der Waals surface area (Å²) in [6.07, 6.45) is 15.2. The van der Waals surface area contributed by atoms with Crippen LogP contribution in [0.1, 0.15) is 77.6 Å². The molecule has 114 valence electrons. The molecule has 0 spiro atoms. The number of nitrogens with one attached hydrogen (secondary N) is 1. The lowest BCUT2D eigenvalue weighted by molar-refractivity contribution is 0.0604. The van der Waals surface area contributed by atoms with Gasteiger partial charge in [0.25, 0.3) is 0 Å². The molecule has 2 nitrogen and oxygen atoms in total. The van der Waals surface area contributed by atoms with Crippen molar-refractivity contribution in [1.82, 2.24) is 5.32 Å². The van der Waals surface area contributed by atoms with Gasteiger partial charge in [0.1, 0.15) is 0 Å². The molecule has 1 rings (SSSR count). The van der Waals surface area contributed by atoms with Crippen LogP contribution in [0.3, 0.4) is 0 Å². The predicted molar refractivity (Wildman–Crippen MR) is 83.6 cm³/mol. The maximum Gasteiger partial charge on any atom is 0.0468 e. The molecule has 0 saturated carbocycles. The fraction of sp³-hybridized carbons (Fsp3) is 1.00. The Labute approximate surface area is 120 Å². The van der Waals surface area contributed by atoms with Crippen molar-refractivity contribution in [3.05, 3.63) is 0 Å². The second-order valence-corrected chi connectivity index (χ2v) is 6.19. The van der Waals surface area contributed by atoms with Gasteiger partial charge in [0.2, 0.25) is 0 Å². The highest BCUT2D eigenvalue weighted by atomic mass is 16.5. The van der Waals surface area contributed by atoms with E-state index in [0.29, 0.717) is 0 Å². The first-order chi connectivity index (χ1) is 9.36. The highest BCUT2D eigenvalue weighted by molar-refractivity contribution is 4.72. The zero-order valence-corrected chi connectivity index (χ0v) is 13.3. The number of rotatable bonds is 11. The molecule has 1 fully saturated rings. The minimum absolute atomic E-state index is 0.735. The summed E-state index contributed by atoms with van der Waals surface area (Å²) in [6, 6.07) is 0.735. The van der Waals surface area contributed by atoms with Gasteiger partial charge in [0.15, 0.2) is 0 Å². The quantitative estimate of drug-likeness (QED) is 0.556. The zero-order chi connectivity index (χ0) is 13.8. The Morgan fingerprint density at radius 1 is 1.00 bits per heavy atom. The Bertz CT molecular complexity index is 190. The average molecular weight is 269 g/mol. The van der Waals surface area contributed by atoms with Crippen LogP contribution in [0.2, 0.25) is 0 Å². The second kappa shape index (κ2) is 11.7. The van der Waals surface area contributed by atoms with E-state index in [9.17, 15) is 0 Å². The van der Waals surface area contributed by atoms with Crippen molar-refractivity contribution in [2.45, 2.75) is 83.6 Å². The van der Waals surface area contributed by atoms with E-state index in [1.807, 2.05) is 0 Å². The van der Waals surface area contributed by atoms with Crippen molar-refractivity contribution >= 4 is 0 Å².